The Kier molecular flexibility index (Phi) is 11.7. The summed E-state index contributed by atoms with van der Waals surface area (Å²) in [6.07, 6.45) is 2.18. The van der Waals surface area contributed by atoms with Crippen LogP contribution in [-0.4, -0.2) is 122 Å². The van der Waals surface area contributed by atoms with Gasteiger partial charge in [-0.1, -0.05) is 25.0 Å². The van der Waals surface area contributed by atoms with E-state index in [0.717, 1.165) is 0 Å². The molecule has 6 unspecified atom stereocenters. The fourth-order valence-electron chi connectivity index (χ4n) is 9.78. The summed E-state index contributed by atoms with van der Waals surface area (Å²) in [5.74, 6) is -4.34. The number of hydrogen-bond acceptors (Lipinski definition) is 11. The van der Waals surface area contributed by atoms with E-state index >= 15 is 0 Å². The average molecular weight is 903 g/mol. The number of benzene rings is 1. The van der Waals surface area contributed by atoms with Crippen LogP contribution in [0.3, 0.4) is 0 Å². The number of methoxy groups -OCH3 is 2. The van der Waals surface area contributed by atoms with Crippen molar-refractivity contribution in [3.05, 3.63) is 41.6 Å². The largest absolute Gasteiger partial charge is 0.497 e. The molecule has 342 valence electrons. The number of halogens is 3. The van der Waals surface area contributed by atoms with Gasteiger partial charge < -0.3 is 34.6 Å². The van der Waals surface area contributed by atoms with Gasteiger partial charge in [0.2, 0.25) is 33.7 Å². The highest BCUT2D eigenvalue weighted by atomic mass is 32.2. The first-order valence-corrected chi connectivity index (χ1v) is 23.0. The number of carbonyl (C=O) groups is 5. The Labute approximate surface area is 363 Å². The molecule has 5 heterocycles. The number of aryl methyl sites for hydroxylation is 1. The first-order valence-electron chi connectivity index (χ1n) is 21.5. The van der Waals surface area contributed by atoms with Crippen LogP contribution in [0.2, 0.25) is 0 Å². The van der Waals surface area contributed by atoms with Crippen molar-refractivity contribution in [2.75, 3.05) is 41.0 Å². The molecule has 1 spiro atoms. The number of alkyl halides is 3. The highest BCUT2D eigenvalue weighted by Crippen LogP contribution is 2.51. The molecular formula is C43H53F3N6O10S. The van der Waals surface area contributed by atoms with E-state index in [2.05, 4.69) is 20.3 Å². The quantitative estimate of drug-likeness (QED) is 0.328. The zero-order chi connectivity index (χ0) is 45.1. The first-order chi connectivity index (χ1) is 29.8. The number of hydrogen-bond donors (Lipinski definition) is 3. The molecule has 5 amide bonds. The van der Waals surface area contributed by atoms with Crippen molar-refractivity contribution in [1.29, 1.82) is 0 Å². The molecule has 1 aromatic heterocycles. The van der Waals surface area contributed by atoms with Gasteiger partial charge in [-0.15, -0.1) is 0 Å². The summed E-state index contributed by atoms with van der Waals surface area (Å²) in [6.45, 7) is -0.335. The summed E-state index contributed by atoms with van der Waals surface area (Å²) in [4.78, 5) is 76.6. The lowest BCUT2D eigenvalue weighted by Crippen LogP contribution is -2.59. The molecule has 63 heavy (non-hydrogen) atoms. The highest BCUT2D eigenvalue weighted by molar-refractivity contribution is 7.91. The number of allylic oxidation sites excluding steroid dienone is 1. The number of aromatic nitrogens is 1. The molecule has 4 aliphatic heterocycles. The van der Waals surface area contributed by atoms with E-state index in [1.807, 2.05) is 6.08 Å². The topological polar surface area (TPSA) is 203 Å². The van der Waals surface area contributed by atoms with Gasteiger partial charge in [0.05, 0.1) is 31.7 Å². The van der Waals surface area contributed by atoms with Crippen molar-refractivity contribution in [1.82, 2.24) is 30.1 Å². The summed E-state index contributed by atoms with van der Waals surface area (Å²) >= 11 is 0. The minimum atomic E-state index is -4.95. The van der Waals surface area contributed by atoms with Crippen LogP contribution in [0.5, 0.6) is 11.5 Å². The van der Waals surface area contributed by atoms with Gasteiger partial charge in [-0.05, 0) is 76.0 Å². The number of fused-ring (bicyclic) bond motifs is 5. The second kappa shape index (κ2) is 16.5. The summed E-state index contributed by atoms with van der Waals surface area (Å²) in [7, 11) is 0.131. The fourth-order valence-corrected chi connectivity index (χ4v) is 11.3. The molecule has 20 heteroatoms. The van der Waals surface area contributed by atoms with E-state index in [0.29, 0.717) is 36.8 Å². The van der Waals surface area contributed by atoms with Gasteiger partial charge in [-0.3, -0.25) is 28.7 Å². The van der Waals surface area contributed by atoms with Gasteiger partial charge in [0.1, 0.15) is 33.7 Å². The first kappa shape index (κ1) is 44.6. The van der Waals surface area contributed by atoms with Gasteiger partial charge in [-0.2, -0.15) is 13.2 Å². The number of nitrogens with one attached hydrogen (secondary N) is 3. The Balaban J connectivity index is 1.16. The molecule has 0 bridgehead atoms. The maximum Gasteiger partial charge on any atom is 0.437 e. The number of rotatable bonds is 8. The Morgan fingerprint density at radius 1 is 1.05 bits per heavy atom. The van der Waals surface area contributed by atoms with E-state index in [1.165, 1.54) is 36.2 Å². The molecule has 2 saturated carbocycles. The predicted octanol–water partition coefficient (Wildman–Crippen LogP) is 3.30. The molecule has 16 nitrogen and oxygen atoms in total. The van der Waals surface area contributed by atoms with Crippen LogP contribution in [0, 0.1) is 11.8 Å². The summed E-state index contributed by atoms with van der Waals surface area (Å²) in [5.41, 5.74) is -4.22. The molecule has 3 N–H and O–H groups in total. The number of carbonyl (C=O) groups excluding carboxylic acids is 5. The van der Waals surface area contributed by atoms with Gasteiger partial charge in [-0.25, -0.2) is 13.4 Å². The van der Waals surface area contributed by atoms with E-state index in [1.54, 1.807) is 19.2 Å². The molecule has 4 fully saturated rings. The standard InChI is InChI=1S/C43H53F3N6O10S/c1-51-22-25(11-14-33(51)53)36(54)48-31-10-8-6-4-5-7-9-26-20-42(26,39(57)50-63(58,59)41(17-18-41)24-60-2)49-37(55)32-21-40(23-52(32)38(31)56)16-15-28-29-19-27(61-3)12-13-30(29)47-35(34(28)62-40)43(44,45)46/h7,9,12-13,19,25-26,31-32H,4-6,8,10-11,14-18,20-24H2,1-3H3,(H,48,54)(H,49,55)(H,50,57). The number of pyridine rings is 1. The number of amides is 5. The Hall–Kier alpha value is -4.98. The zero-order valence-electron chi connectivity index (χ0n) is 35.5. The smallest absolute Gasteiger partial charge is 0.437 e. The number of ether oxygens (including phenoxy) is 3. The van der Waals surface area contributed by atoms with Gasteiger partial charge in [0, 0.05) is 50.4 Å². The van der Waals surface area contributed by atoms with E-state index in [-0.39, 0.29) is 94.5 Å². The Morgan fingerprint density at radius 2 is 1.83 bits per heavy atom. The summed E-state index contributed by atoms with van der Waals surface area (Å²) < 4.78 is 89.5. The van der Waals surface area contributed by atoms with E-state index in [9.17, 15) is 45.6 Å². The number of sulfonamides is 1. The molecule has 1 aromatic carbocycles. The monoisotopic (exact) mass is 902 g/mol. The minimum Gasteiger partial charge on any atom is -0.497 e. The maximum atomic E-state index is 15.0. The van der Waals surface area contributed by atoms with Crippen molar-refractivity contribution in [3.8, 4) is 11.5 Å². The van der Waals surface area contributed by atoms with Crippen molar-refractivity contribution in [2.45, 2.75) is 118 Å². The number of likely N-dealkylation sites (tertiary alicyclic amines) is 1. The predicted molar refractivity (Wildman–Crippen MR) is 219 cm³/mol. The van der Waals surface area contributed by atoms with Gasteiger partial charge in [0.15, 0.2) is 11.4 Å². The second-order valence-electron chi connectivity index (χ2n) is 18.1. The van der Waals surface area contributed by atoms with Crippen LogP contribution >= 0.6 is 0 Å². The van der Waals surface area contributed by atoms with Crippen molar-refractivity contribution >= 4 is 50.5 Å². The lowest BCUT2D eigenvalue weighted by atomic mass is 9.87. The van der Waals surface area contributed by atoms with Crippen molar-refractivity contribution < 1.29 is 59.8 Å². The van der Waals surface area contributed by atoms with Crippen molar-refractivity contribution in [3.63, 3.8) is 0 Å². The lowest BCUT2D eigenvalue weighted by molar-refractivity contribution is -0.144. The molecule has 2 aliphatic carbocycles. The minimum absolute atomic E-state index is 0.0509. The van der Waals surface area contributed by atoms with Crippen LogP contribution in [0.25, 0.3) is 10.9 Å². The molecule has 2 aromatic rings. The normalized spacial score (nSPS) is 29.7. The van der Waals surface area contributed by atoms with E-state index in [4.69, 9.17) is 14.2 Å². The molecular weight excluding hydrogens is 850 g/mol. The van der Waals surface area contributed by atoms with Gasteiger partial charge >= 0.3 is 6.18 Å². The highest BCUT2D eigenvalue weighted by Gasteiger charge is 2.64. The molecule has 6 atom stereocenters. The Morgan fingerprint density at radius 3 is 2.52 bits per heavy atom. The number of nitrogens with zero attached hydrogens (tertiary/aromatic N) is 3. The maximum absolute atomic E-state index is 15.0. The molecule has 0 radical (unpaired) electrons. The van der Waals surface area contributed by atoms with E-state index < -0.39 is 91.1 Å². The number of piperidine rings is 1. The Bertz CT molecular complexity index is 2360. The van der Waals surface area contributed by atoms with Crippen LogP contribution in [0.4, 0.5) is 13.2 Å². The van der Waals surface area contributed by atoms with Crippen molar-refractivity contribution in [2.24, 2.45) is 11.8 Å². The van der Waals surface area contributed by atoms with Crippen LogP contribution in [0.15, 0.2) is 30.4 Å². The molecule has 6 aliphatic rings. The summed E-state index contributed by atoms with van der Waals surface area (Å²) in [5, 5.41) is 6.09. The molecule has 8 rings (SSSR count). The molecule has 2 saturated heterocycles. The van der Waals surface area contributed by atoms with Gasteiger partial charge in [0.25, 0.3) is 5.91 Å². The third-order valence-electron chi connectivity index (χ3n) is 13.8. The average Bonchev–Trinajstić information content (AvgIpc) is 4.15. The van der Waals surface area contributed by atoms with Crippen LogP contribution in [0.1, 0.15) is 88.3 Å². The van der Waals surface area contributed by atoms with Crippen LogP contribution in [-0.2, 0) is 51.3 Å². The van der Waals surface area contributed by atoms with Crippen LogP contribution < -0.4 is 24.8 Å². The second-order valence-corrected chi connectivity index (χ2v) is 20.2. The summed E-state index contributed by atoms with van der Waals surface area (Å²) in [6, 6.07) is 1.95. The lowest BCUT2D eigenvalue weighted by Gasteiger charge is -2.37. The third-order valence-corrected chi connectivity index (χ3v) is 15.9. The third kappa shape index (κ3) is 8.44. The zero-order valence-corrected chi connectivity index (χ0v) is 36.3. The fraction of sp³-hybridized carbons (Fsp3) is 0.628. The SMILES string of the molecule is COCC1(S(=O)(=O)NC(=O)C23CC2C=CCCCCCC(NC(=O)C2CCC(=O)N(C)C2)C(=O)N2CC4(CCc5c(c(C(F)(F)F)nc6ccc(OC)cc56)O4)CC2C(=O)N3)CC1.